The molecule has 0 aromatic heterocycles. The summed E-state index contributed by atoms with van der Waals surface area (Å²) >= 11 is 5.60. The molecule has 1 N–H and O–H groups in total. The van der Waals surface area contributed by atoms with Gasteiger partial charge < -0.3 is 9.84 Å². The van der Waals surface area contributed by atoms with Gasteiger partial charge in [0.2, 0.25) is 0 Å². The molecule has 0 aliphatic heterocycles. The van der Waals surface area contributed by atoms with Crippen LogP contribution in [0.25, 0.3) is 0 Å². The Labute approximate surface area is 80.9 Å². The molecule has 4 heteroatoms. The minimum absolute atomic E-state index is 0.0165. The Hall–Kier alpha value is -0.800. The highest BCUT2D eigenvalue weighted by atomic mass is 35.5. The maximum Gasteiger partial charge on any atom is 0.145 e. The molecule has 0 radical (unpaired) electrons. The highest BCUT2D eigenvalue weighted by Gasteiger charge is 2.08. The fraction of sp³-hybridized carbons (Fsp3) is 0.333. The Morgan fingerprint density at radius 3 is 2.77 bits per heavy atom. The normalized spacial score (nSPS) is 10.2. The molecule has 1 aromatic carbocycles. The van der Waals surface area contributed by atoms with Gasteiger partial charge in [0.15, 0.2) is 0 Å². The zero-order valence-electron chi connectivity index (χ0n) is 7.18. The Morgan fingerprint density at radius 1 is 1.54 bits per heavy atom. The van der Waals surface area contributed by atoms with Crippen molar-refractivity contribution in [3.05, 3.63) is 28.5 Å². The fourth-order valence-electron chi connectivity index (χ4n) is 1.04. The molecule has 1 rings (SSSR count). The number of methoxy groups -OCH3 is 1. The van der Waals surface area contributed by atoms with E-state index in [0.29, 0.717) is 11.3 Å². The molecule has 2 nitrogen and oxygen atoms in total. The number of aliphatic hydroxyl groups excluding tert-OH is 1. The van der Waals surface area contributed by atoms with Crippen molar-refractivity contribution in [3.8, 4) is 5.75 Å². The predicted molar refractivity (Wildman–Crippen MR) is 48.8 cm³/mol. The Balaban J connectivity index is 3.09. The van der Waals surface area contributed by atoms with E-state index < -0.39 is 5.82 Å². The molecule has 0 saturated heterocycles. The van der Waals surface area contributed by atoms with Gasteiger partial charge in [0, 0.05) is 12.7 Å². The zero-order chi connectivity index (χ0) is 9.84. The van der Waals surface area contributed by atoms with Crippen LogP contribution in [0.3, 0.4) is 0 Å². The van der Waals surface area contributed by atoms with Crippen LogP contribution in [0.2, 0.25) is 5.02 Å². The number of hydrogen-bond donors (Lipinski definition) is 1. The van der Waals surface area contributed by atoms with Crippen LogP contribution < -0.4 is 4.74 Å². The van der Waals surface area contributed by atoms with Crippen LogP contribution in [-0.2, 0) is 6.42 Å². The standard InChI is InChI=1S/C9H10ClFO2/c1-13-7-4-6(2-3-12)9(11)8(10)5-7/h4-5,12H,2-3H2,1H3. The van der Waals surface area contributed by atoms with Gasteiger partial charge in [0.05, 0.1) is 12.1 Å². The lowest BCUT2D eigenvalue weighted by molar-refractivity contribution is 0.297. The molecule has 0 unspecified atom stereocenters. The summed E-state index contributed by atoms with van der Waals surface area (Å²) in [6, 6.07) is 2.93. The molecule has 0 atom stereocenters. The number of aliphatic hydroxyl groups is 1. The number of rotatable bonds is 3. The molecule has 0 bridgehead atoms. The van der Waals surface area contributed by atoms with Gasteiger partial charge in [-0.05, 0) is 18.1 Å². The molecule has 72 valence electrons. The third-order valence-corrected chi connectivity index (χ3v) is 1.97. The van der Waals surface area contributed by atoms with Gasteiger partial charge in [-0.1, -0.05) is 11.6 Å². The van der Waals surface area contributed by atoms with Gasteiger partial charge in [0.1, 0.15) is 11.6 Å². The summed E-state index contributed by atoms with van der Waals surface area (Å²) in [4.78, 5) is 0. The first-order chi connectivity index (χ1) is 6.19. The predicted octanol–water partition coefficient (Wildman–Crippen LogP) is 2.02. The average molecular weight is 205 g/mol. The van der Waals surface area contributed by atoms with Crippen molar-refractivity contribution in [3.63, 3.8) is 0 Å². The summed E-state index contributed by atoms with van der Waals surface area (Å²) in [6.45, 7) is -0.111. The molecule has 0 heterocycles. The summed E-state index contributed by atoms with van der Waals surface area (Å²) in [5.74, 6) is 0.00590. The van der Waals surface area contributed by atoms with Crippen molar-refractivity contribution in [1.82, 2.24) is 0 Å². The lowest BCUT2D eigenvalue weighted by atomic mass is 10.1. The average Bonchev–Trinajstić information content (AvgIpc) is 2.13. The molecule has 13 heavy (non-hydrogen) atoms. The molecule has 0 amide bonds. The number of ether oxygens (including phenoxy) is 1. The molecule has 1 aromatic rings. The minimum Gasteiger partial charge on any atom is -0.497 e. The Morgan fingerprint density at radius 2 is 2.23 bits per heavy atom. The first-order valence-corrected chi connectivity index (χ1v) is 4.19. The fourth-order valence-corrected chi connectivity index (χ4v) is 1.27. The maximum atomic E-state index is 13.2. The van der Waals surface area contributed by atoms with Crippen LogP contribution in [0.1, 0.15) is 5.56 Å². The summed E-state index contributed by atoms with van der Waals surface area (Å²) in [7, 11) is 1.48. The second kappa shape index (κ2) is 4.44. The van der Waals surface area contributed by atoms with Crippen molar-refractivity contribution in [2.75, 3.05) is 13.7 Å². The van der Waals surface area contributed by atoms with Crippen LogP contribution in [0, 0.1) is 5.82 Å². The van der Waals surface area contributed by atoms with Gasteiger partial charge >= 0.3 is 0 Å². The van der Waals surface area contributed by atoms with Crippen molar-refractivity contribution in [2.24, 2.45) is 0 Å². The third kappa shape index (κ3) is 2.32. The molecule has 0 aliphatic rings. The van der Waals surface area contributed by atoms with E-state index in [1.165, 1.54) is 19.2 Å². The van der Waals surface area contributed by atoms with Gasteiger partial charge in [-0.2, -0.15) is 0 Å². The largest absolute Gasteiger partial charge is 0.497 e. The van der Waals surface area contributed by atoms with Crippen LogP contribution in [0.4, 0.5) is 4.39 Å². The number of benzene rings is 1. The van der Waals surface area contributed by atoms with Crippen LogP contribution in [0.5, 0.6) is 5.75 Å². The molecule has 0 fully saturated rings. The van der Waals surface area contributed by atoms with Crippen molar-refractivity contribution >= 4 is 11.6 Å². The molecular formula is C9H10ClFO2. The third-order valence-electron chi connectivity index (χ3n) is 1.69. The van der Waals surface area contributed by atoms with Crippen molar-refractivity contribution in [1.29, 1.82) is 0 Å². The van der Waals surface area contributed by atoms with E-state index >= 15 is 0 Å². The second-order valence-corrected chi connectivity index (χ2v) is 2.96. The van der Waals surface area contributed by atoms with Crippen LogP contribution in [0.15, 0.2) is 12.1 Å². The minimum atomic E-state index is -0.489. The number of hydrogen-bond acceptors (Lipinski definition) is 2. The SMILES string of the molecule is COc1cc(Cl)c(F)c(CCO)c1. The van der Waals surface area contributed by atoms with Crippen LogP contribution in [-0.4, -0.2) is 18.8 Å². The highest BCUT2D eigenvalue weighted by molar-refractivity contribution is 6.30. The zero-order valence-corrected chi connectivity index (χ0v) is 7.94. The summed E-state index contributed by atoms with van der Waals surface area (Å²) < 4.78 is 18.1. The van der Waals surface area contributed by atoms with E-state index in [1.54, 1.807) is 0 Å². The maximum absolute atomic E-state index is 13.2. The molecule has 0 aliphatic carbocycles. The highest BCUT2D eigenvalue weighted by Crippen LogP contribution is 2.25. The summed E-state index contributed by atoms with van der Waals surface area (Å²) in [5.41, 5.74) is 0.367. The summed E-state index contributed by atoms with van der Waals surface area (Å²) in [6.07, 6.45) is 0.239. The molecular weight excluding hydrogens is 195 g/mol. The molecule has 0 saturated carbocycles. The molecule has 0 spiro atoms. The quantitative estimate of drug-likeness (QED) is 0.817. The Kier molecular flexibility index (Phi) is 3.51. The van der Waals surface area contributed by atoms with E-state index in [0.717, 1.165) is 0 Å². The summed E-state index contributed by atoms with van der Waals surface area (Å²) in [5, 5.41) is 8.66. The van der Waals surface area contributed by atoms with Gasteiger partial charge in [-0.15, -0.1) is 0 Å². The lowest BCUT2D eigenvalue weighted by Crippen LogP contribution is -1.97. The van der Waals surface area contributed by atoms with E-state index in [9.17, 15) is 4.39 Å². The number of halogens is 2. The van der Waals surface area contributed by atoms with Crippen molar-refractivity contribution < 1.29 is 14.2 Å². The second-order valence-electron chi connectivity index (χ2n) is 2.56. The topological polar surface area (TPSA) is 29.5 Å². The van der Waals surface area contributed by atoms with Crippen molar-refractivity contribution in [2.45, 2.75) is 6.42 Å². The lowest BCUT2D eigenvalue weighted by Gasteiger charge is -2.06. The van der Waals surface area contributed by atoms with E-state index in [1.807, 2.05) is 0 Å². The smallest absolute Gasteiger partial charge is 0.145 e. The van der Waals surface area contributed by atoms with E-state index in [4.69, 9.17) is 21.4 Å². The van der Waals surface area contributed by atoms with Gasteiger partial charge in [-0.25, -0.2) is 4.39 Å². The van der Waals surface area contributed by atoms with Gasteiger partial charge in [-0.3, -0.25) is 0 Å². The van der Waals surface area contributed by atoms with Crippen LogP contribution >= 0.6 is 11.6 Å². The monoisotopic (exact) mass is 204 g/mol. The first kappa shape index (κ1) is 10.3. The van der Waals surface area contributed by atoms with E-state index in [2.05, 4.69) is 0 Å². The van der Waals surface area contributed by atoms with E-state index in [-0.39, 0.29) is 18.1 Å². The first-order valence-electron chi connectivity index (χ1n) is 3.81. The van der Waals surface area contributed by atoms with Gasteiger partial charge in [0.25, 0.3) is 0 Å². The Bertz CT molecular complexity index is 302.